The first-order valence-electron chi connectivity index (χ1n) is 11.4. The number of imide groups is 1. The van der Waals surface area contributed by atoms with Crippen molar-refractivity contribution in [1.29, 1.82) is 0 Å². The minimum absolute atomic E-state index is 0.00894. The largest absolute Gasteiger partial charge is 0.292 e. The molecule has 6 atom stereocenters. The van der Waals surface area contributed by atoms with Crippen molar-refractivity contribution in [1.82, 2.24) is 10.0 Å². The van der Waals surface area contributed by atoms with E-state index in [1.165, 1.54) is 30.3 Å². The second-order valence-corrected chi connectivity index (χ2v) is 10.8. The first kappa shape index (κ1) is 22.8. The number of halogens is 3. The van der Waals surface area contributed by atoms with Gasteiger partial charge in [0.25, 0.3) is 17.7 Å². The van der Waals surface area contributed by atoms with Crippen molar-refractivity contribution in [2.24, 2.45) is 35.5 Å². The first-order valence-corrected chi connectivity index (χ1v) is 12.5. The van der Waals surface area contributed by atoms with Crippen LogP contribution in [0.3, 0.4) is 0 Å². The summed E-state index contributed by atoms with van der Waals surface area (Å²) in [6.45, 7) is -0.493. The number of ketones is 1. The number of allylic oxidation sites excluding steroid dienone is 2. The summed E-state index contributed by atoms with van der Waals surface area (Å²) in [5.41, 5.74) is 0.420. The third-order valence-electron chi connectivity index (χ3n) is 7.74. The smallest absolute Gasteiger partial charge is 0.273 e. The molecule has 2 bridgehead atoms. The highest BCUT2D eigenvalue weighted by molar-refractivity contribution is 6.42. The van der Waals surface area contributed by atoms with Crippen molar-refractivity contribution >= 4 is 58.3 Å². The zero-order valence-electron chi connectivity index (χ0n) is 18.2. The summed E-state index contributed by atoms with van der Waals surface area (Å²) in [6.07, 6.45) is 5.13. The fourth-order valence-corrected chi connectivity index (χ4v) is 6.48. The SMILES string of the molecule is O=C(CN(C(=O)c1ccc(Cl)c(Cl)c1)N1C(=O)[C@@H]2[C@H]3C=C[C@@H]([C@@H]4C[C@@H]34)[C@@H]2C1=O)c1ccc(Cl)cc1. The number of benzene rings is 2. The van der Waals surface area contributed by atoms with E-state index >= 15 is 0 Å². The lowest BCUT2D eigenvalue weighted by atomic mass is 9.63. The number of carbonyl (C=O) groups is 4. The molecule has 1 saturated heterocycles. The molecule has 0 aromatic heterocycles. The molecule has 35 heavy (non-hydrogen) atoms. The van der Waals surface area contributed by atoms with Crippen molar-refractivity contribution in [3.8, 4) is 0 Å². The summed E-state index contributed by atoms with van der Waals surface area (Å²) in [6, 6.07) is 10.5. The molecule has 4 aliphatic carbocycles. The van der Waals surface area contributed by atoms with Crippen LogP contribution in [0.25, 0.3) is 0 Å². The van der Waals surface area contributed by atoms with Crippen LogP contribution in [0, 0.1) is 35.5 Å². The molecule has 9 heteroatoms. The highest BCUT2D eigenvalue weighted by Gasteiger charge is 2.68. The lowest BCUT2D eigenvalue weighted by Crippen LogP contribution is -2.52. The number of nitrogens with zero attached hydrogens (tertiary/aromatic N) is 2. The van der Waals surface area contributed by atoms with Crippen LogP contribution in [0.15, 0.2) is 54.6 Å². The van der Waals surface area contributed by atoms with Gasteiger partial charge in [0, 0.05) is 16.1 Å². The van der Waals surface area contributed by atoms with Gasteiger partial charge in [-0.25, -0.2) is 5.01 Å². The molecule has 3 amide bonds. The van der Waals surface area contributed by atoms with Gasteiger partial charge in [-0.2, -0.15) is 5.01 Å². The molecule has 1 aliphatic heterocycles. The van der Waals surface area contributed by atoms with E-state index in [1.807, 2.05) is 0 Å². The number of rotatable bonds is 5. The van der Waals surface area contributed by atoms with Crippen molar-refractivity contribution in [2.75, 3.05) is 6.54 Å². The molecule has 5 aliphatic rings. The second kappa shape index (κ2) is 8.19. The molecule has 2 aromatic rings. The third-order valence-corrected chi connectivity index (χ3v) is 8.73. The Morgan fingerprint density at radius 3 is 1.97 bits per heavy atom. The molecule has 2 saturated carbocycles. The van der Waals surface area contributed by atoms with E-state index in [1.54, 1.807) is 12.1 Å². The van der Waals surface area contributed by atoms with Gasteiger partial charge in [-0.05, 0) is 72.6 Å². The zero-order chi connectivity index (χ0) is 24.6. The van der Waals surface area contributed by atoms with Crippen LogP contribution in [0.4, 0.5) is 0 Å². The fraction of sp³-hybridized carbons (Fsp3) is 0.308. The lowest BCUT2D eigenvalue weighted by molar-refractivity contribution is -0.154. The Bertz CT molecular complexity index is 1290. The summed E-state index contributed by atoms with van der Waals surface area (Å²) < 4.78 is 0. The van der Waals surface area contributed by atoms with E-state index in [-0.39, 0.29) is 27.4 Å². The molecular formula is C26H19Cl3N2O4. The Labute approximate surface area is 216 Å². The van der Waals surface area contributed by atoms with Crippen LogP contribution in [0.5, 0.6) is 0 Å². The highest BCUT2D eigenvalue weighted by Crippen LogP contribution is 2.65. The Hall–Kier alpha value is -2.67. The van der Waals surface area contributed by atoms with Crippen LogP contribution in [0.1, 0.15) is 27.1 Å². The van der Waals surface area contributed by atoms with E-state index < -0.39 is 41.9 Å². The molecule has 3 fully saturated rings. The first-order chi connectivity index (χ1) is 16.8. The maximum Gasteiger partial charge on any atom is 0.273 e. The van der Waals surface area contributed by atoms with Gasteiger partial charge in [0.2, 0.25) is 0 Å². The molecule has 0 radical (unpaired) electrons. The molecule has 2 aromatic carbocycles. The number of amides is 3. The molecule has 1 heterocycles. The third kappa shape index (κ3) is 3.53. The minimum Gasteiger partial charge on any atom is -0.292 e. The van der Waals surface area contributed by atoms with Gasteiger partial charge in [-0.3, -0.25) is 19.2 Å². The Morgan fingerprint density at radius 2 is 1.40 bits per heavy atom. The van der Waals surface area contributed by atoms with E-state index in [4.69, 9.17) is 34.8 Å². The van der Waals surface area contributed by atoms with Gasteiger partial charge in [0.1, 0.15) is 6.54 Å². The van der Waals surface area contributed by atoms with Crippen molar-refractivity contribution in [3.05, 3.63) is 80.8 Å². The molecule has 0 N–H and O–H groups in total. The van der Waals surface area contributed by atoms with Crippen LogP contribution >= 0.6 is 34.8 Å². The van der Waals surface area contributed by atoms with Gasteiger partial charge in [-0.15, -0.1) is 0 Å². The summed E-state index contributed by atoms with van der Waals surface area (Å²) in [7, 11) is 0. The zero-order valence-corrected chi connectivity index (χ0v) is 20.5. The van der Waals surface area contributed by atoms with Crippen molar-refractivity contribution in [3.63, 3.8) is 0 Å². The average molecular weight is 530 g/mol. The van der Waals surface area contributed by atoms with Crippen LogP contribution < -0.4 is 0 Å². The molecule has 7 rings (SSSR count). The molecular weight excluding hydrogens is 511 g/mol. The topological polar surface area (TPSA) is 74.8 Å². The predicted octanol–water partition coefficient (Wildman–Crippen LogP) is 4.94. The second-order valence-electron chi connectivity index (χ2n) is 9.56. The molecule has 0 spiro atoms. The predicted molar refractivity (Wildman–Crippen MR) is 130 cm³/mol. The molecule has 178 valence electrons. The van der Waals surface area contributed by atoms with E-state index in [0.717, 1.165) is 16.4 Å². The molecule has 0 unspecified atom stereocenters. The van der Waals surface area contributed by atoms with Crippen LogP contribution in [-0.2, 0) is 9.59 Å². The summed E-state index contributed by atoms with van der Waals surface area (Å²) in [5.74, 6) is -2.17. The monoisotopic (exact) mass is 528 g/mol. The summed E-state index contributed by atoms with van der Waals surface area (Å²) >= 11 is 18.1. The van der Waals surface area contributed by atoms with Gasteiger partial charge in [-0.1, -0.05) is 47.0 Å². The lowest BCUT2D eigenvalue weighted by Gasteiger charge is -2.37. The maximum atomic E-state index is 13.7. The average Bonchev–Trinajstić information content (AvgIpc) is 3.63. The number of hydrazine groups is 1. The highest BCUT2D eigenvalue weighted by atomic mass is 35.5. The van der Waals surface area contributed by atoms with Crippen molar-refractivity contribution in [2.45, 2.75) is 6.42 Å². The number of Topliss-reactive ketones (excluding diaryl/α,β-unsaturated/α-hetero) is 1. The summed E-state index contributed by atoms with van der Waals surface area (Å²) in [4.78, 5) is 54.1. The van der Waals surface area contributed by atoms with Gasteiger partial charge in [0.15, 0.2) is 5.78 Å². The fourth-order valence-electron chi connectivity index (χ4n) is 6.05. The number of carbonyl (C=O) groups excluding carboxylic acids is 4. The Kier molecular flexibility index (Phi) is 5.33. The van der Waals surface area contributed by atoms with Gasteiger partial charge in [0.05, 0.1) is 21.9 Å². The number of hydrogen-bond acceptors (Lipinski definition) is 4. The quantitative estimate of drug-likeness (QED) is 0.312. The van der Waals surface area contributed by atoms with E-state index in [2.05, 4.69) is 12.2 Å². The van der Waals surface area contributed by atoms with E-state index in [0.29, 0.717) is 22.4 Å². The minimum atomic E-state index is -0.684. The van der Waals surface area contributed by atoms with Crippen molar-refractivity contribution < 1.29 is 19.2 Å². The standard InChI is InChI=1S/C26H19Cl3N2O4/c27-14-4-1-12(2-5-14)21(32)11-30(24(33)13-3-8-19(28)20(29)9-13)31-25(34)22-15-6-7-16(18-10-17(15)18)23(22)26(31)35/h1-9,15-18,22-23H,10-11H2/t15-,16-,17-,18-,22-,23+/m0/s1. The Balaban J connectivity index is 1.37. The normalized spacial score (nSPS) is 29.7. The van der Waals surface area contributed by atoms with E-state index in [9.17, 15) is 19.2 Å². The van der Waals surface area contributed by atoms with Gasteiger partial charge < -0.3 is 0 Å². The summed E-state index contributed by atoms with van der Waals surface area (Å²) in [5, 5.41) is 2.74. The Morgan fingerprint density at radius 1 is 0.829 bits per heavy atom. The molecule has 6 nitrogen and oxygen atoms in total. The van der Waals surface area contributed by atoms with Crippen LogP contribution in [0.2, 0.25) is 15.1 Å². The number of hydrogen-bond donors (Lipinski definition) is 0. The van der Waals surface area contributed by atoms with Gasteiger partial charge >= 0.3 is 0 Å². The maximum absolute atomic E-state index is 13.7. The van der Waals surface area contributed by atoms with Crippen LogP contribution in [-0.4, -0.2) is 40.1 Å².